The summed E-state index contributed by atoms with van der Waals surface area (Å²) in [6.07, 6.45) is 5.58. The lowest BCUT2D eigenvalue weighted by Gasteiger charge is -2.09. The van der Waals surface area contributed by atoms with Gasteiger partial charge in [0, 0.05) is 6.04 Å². The minimum Gasteiger partial charge on any atom is -0.480 e. The Morgan fingerprint density at radius 1 is 1.67 bits per heavy atom. The van der Waals surface area contributed by atoms with Gasteiger partial charge >= 0.3 is 5.97 Å². The number of carbonyl (C=O) groups is 1. The molecule has 2 N–H and O–H groups in total. The largest absolute Gasteiger partial charge is 0.480 e. The van der Waals surface area contributed by atoms with Crippen molar-refractivity contribution < 1.29 is 9.90 Å². The number of allylic oxidation sites excluding steroid dienone is 1. The highest BCUT2D eigenvalue weighted by molar-refractivity contribution is 5.73. The van der Waals surface area contributed by atoms with Gasteiger partial charge in [-0.1, -0.05) is 6.08 Å². The highest BCUT2D eigenvalue weighted by atomic mass is 16.4. The van der Waals surface area contributed by atoms with Crippen molar-refractivity contribution in [3.63, 3.8) is 0 Å². The van der Waals surface area contributed by atoms with Crippen molar-refractivity contribution in [1.29, 1.82) is 0 Å². The molecule has 0 aromatic rings. The quantitative estimate of drug-likeness (QED) is 0.621. The average Bonchev–Trinajstić information content (AvgIpc) is 2.48. The number of carboxylic acid groups (broad SMARTS) is 1. The second-order valence-electron chi connectivity index (χ2n) is 3.20. The molecule has 0 aromatic carbocycles. The zero-order valence-corrected chi connectivity index (χ0v) is 7.12. The number of hydrogen-bond donors (Lipinski definition) is 2. The summed E-state index contributed by atoms with van der Waals surface area (Å²) in [5.74, 6) is -0.726. The van der Waals surface area contributed by atoms with Crippen LogP contribution in [0.5, 0.6) is 0 Å². The summed E-state index contributed by atoms with van der Waals surface area (Å²) in [5.41, 5.74) is 0. The number of hydrogen-bond acceptors (Lipinski definition) is 2. The normalized spacial score (nSPS) is 28.7. The minimum atomic E-state index is -0.726. The molecule has 1 unspecified atom stereocenters. The Balaban J connectivity index is 2.25. The molecule has 0 saturated carbocycles. The van der Waals surface area contributed by atoms with Crippen molar-refractivity contribution in [3.05, 3.63) is 12.7 Å². The topological polar surface area (TPSA) is 49.3 Å². The molecular weight excluding hydrogens is 154 g/mol. The molecule has 1 aliphatic rings. The van der Waals surface area contributed by atoms with Crippen LogP contribution in [0.15, 0.2) is 12.7 Å². The molecule has 1 aliphatic heterocycles. The third-order valence-electron chi connectivity index (χ3n) is 2.26. The van der Waals surface area contributed by atoms with Crippen LogP contribution >= 0.6 is 0 Å². The Bertz CT molecular complexity index is 179. The predicted molar refractivity (Wildman–Crippen MR) is 47.0 cm³/mol. The monoisotopic (exact) mass is 169 g/mol. The highest BCUT2D eigenvalue weighted by Crippen LogP contribution is 2.16. The maximum atomic E-state index is 10.5. The van der Waals surface area contributed by atoms with Gasteiger partial charge < -0.3 is 10.4 Å². The Labute approximate surface area is 72.5 Å². The lowest BCUT2D eigenvalue weighted by molar-refractivity contribution is -0.139. The van der Waals surface area contributed by atoms with Crippen molar-refractivity contribution in [1.82, 2.24) is 5.32 Å². The van der Waals surface area contributed by atoms with Gasteiger partial charge in [-0.2, -0.15) is 0 Å². The summed E-state index contributed by atoms with van der Waals surface area (Å²) >= 11 is 0. The van der Waals surface area contributed by atoms with Crippen molar-refractivity contribution in [2.45, 2.75) is 37.8 Å². The van der Waals surface area contributed by atoms with E-state index in [1.165, 1.54) is 0 Å². The second-order valence-corrected chi connectivity index (χ2v) is 3.20. The van der Waals surface area contributed by atoms with Gasteiger partial charge in [-0.05, 0) is 25.7 Å². The SMILES string of the molecule is C=CCCC1CC[C@@H](C(=O)O)N1. The van der Waals surface area contributed by atoms with Crippen LogP contribution in [-0.4, -0.2) is 23.2 Å². The van der Waals surface area contributed by atoms with E-state index in [4.69, 9.17) is 5.11 Å². The summed E-state index contributed by atoms with van der Waals surface area (Å²) in [5, 5.41) is 11.8. The first kappa shape index (κ1) is 9.26. The summed E-state index contributed by atoms with van der Waals surface area (Å²) in [7, 11) is 0. The zero-order chi connectivity index (χ0) is 8.97. The minimum absolute atomic E-state index is 0.320. The van der Waals surface area contributed by atoms with Crippen LogP contribution in [-0.2, 0) is 4.79 Å². The first-order valence-corrected chi connectivity index (χ1v) is 4.33. The van der Waals surface area contributed by atoms with E-state index in [9.17, 15) is 4.79 Å². The van der Waals surface area contributed by atoms with E-state index >= 15 is 0 Å². The van der Waals surface area contributed by atoms with Crippen molar-refractivity contribution in [2.75, 3.05) is 0 Å². The molecule has 0 aliphatic carbocycles. The van der Waals surface area contributed by atoms with Gasteiger partial charge in [-0.15, -0.1) is 6.58 Å². The maximum Gasteiger partial charge on any atom is 0.320 e. The molecule has 0 spiro atoms. The molecule has 68 valence electrons. The number of rotatable bonds is 4. The van der Waals surface area contributed by atoms with Crippen LogP contribution in [0.2, 0.25) is 0 Å². The molecule has 1 fully saturated rings. The smallest absolute Gasteiger partial charge is 0.320 e. The molecule has 0 radical (unpaired) electrons. The molecule has 3 heteroatoms. The standard InChI is InChI=1S/C9H15NO2/c1-2-3-4-7-5-6-8(10-7)9(11)12/h2,7-8,10H,1,3-6H2,(H,11,12)/t7?,8-/m0/s1. The maximum absolute atomic E-state index is 10.5. The third-order valence-corrected chi connectivity index (χ3v) is 2.26. The summed E-state index contributed by atoms with van der Waals surface area (Å²) in [4.78, 5) is 10.5. The van der Waals surface area contributed by atoms with E-state index in [1.54, 1.807) is 0 Å². The Hall–Kier alpha value is -0.830. The van der Waals surface area contributed by atoms with E-state index in [-0.39, 0.29) is 6.04 Å². The van der Waals surface area contributed by atoms with Gasteiger partial charge in [0.05, 0.1) is 0 Å². The van der Waals surface area contributed by atoms with E-state index in [0.29, 0.717) is 6.04 Å². The molecule has 1 saturated heterocycles. The van der Waals surface area contributed by atoms with E-state index < -0.39 is 5.97 Å². The molecule has 0 amide bonds. The van der Waals surface area contributed by atoms with Crippen molar-refractivity contribution >= 4 is 5.97 Å². The number of aliphatic carboxylic acids is 1. The molecular formula is C9H15NO2. The summed E-state index contributed by atoms with van der Waals surface area (Å²) < 4.78 is 0. The van der Waals surface area contributed by atoms with Gasteiger partial charge in [0.2, 0.25) is 0 Å². The number of nitrogens with one attached hydrogen (secondary N) is 1. The molecule has 1 heterocycles. The van der Waals surface area contributed by atoms with Crippen LogP contribution in [0.3, 0.4) is 0 Å². The van der Waals surface area contributed by atoms with Gasteiger partial charge in [-0.3, -0.25) is 4.79 Å². The summed E-state index contributed by atoms with van der Waals surface area (Å²) in [6.45, 7) is 3.63. The van der Waals surface area contributed by atoms with Gasteiger partial charge in [0.25, 0.3) is 0 Å². The van der Waals surface area contributed by atoms with Crippen LogP contribution in [0.4, 0.5) is 0 Å². The molecule has 0 aromatic heterocycles. The average molecular weight is 169 g/mol. The van der Waals surface area contributed by atoms with Gasteiger partial charge in [0.1, 0.15) is 6.04 Å². The fourth-order valence-electron chi connectivity index (χ4n) is 1.56. The first-order valence-electron chi connectivity index (χ1n) is 4.33. The second kappa shape index (κ2) is 4.26. The van der Waals surface area contributed by atoms with Crippen LogP contribution in [0.25, 0.3) is 0 Å². The van der Waals surface area contributed by atoms with Crippen molar-refractivity contribution in [3.8, 4) is 0 Å². The summed E-state index contributed by atoms with van der Waals surface area (Å²) in [6, 6.07) is 0.0592. The molecule has 1 rings (SSSR count). The van der Waals surface area contributed by atoms with Gasteiger partial charge in [-0.25, -0.2) is 0 Å². The van der Waals surface area contributed by atoms with Crippen LogP contribution < -0.4 is 5.32 Å². The van der Waals surface area contributed by atoms with Gasteiger partial charge in [0.15, 0.2) is 0 Å². The molecule has 0 bridgehead atoms. The Morgan fingerprint density at radius 2 is 2.42 bits per heavy atom. The first-order chi connectivity index (χ1) is 5.74. The van der Waals surface area contributed by atoms with E-state index in [1.807, 2.05) is 6.08 Å². The van der Waals surface area contributed by atoms with Crippen molar-refractivity contribution in [2.24, 2.45) is 0 Å². The molecule has 2 atom stereocenters. The fourth-order valence-corrected chi connectivity index (χ4v) is 1.56. The fraction of sp³-hybridized carbons (Fsp3) is 0.667. The lowest BCUT2D eigenvalue weighted by atomic mass is 10.1. The number of carboxylic acids is 1. The van der Waals surface area contributed by atoms with Crippen LogP contribution in [0.1, 0.15) is 25.7 Å². The molecule has 3 nitrogen and oxygen atoms in total. The Morgan fingerprint density at radius 3 is 2.92 bits per heavy atom. The predicted octanol–water partition coefficient (Wildman–Crippen LogP) is 1.16. The Kier molecular flexibility index (Phi) is 3.29. The van der Waals surface area contributed by atoms with E-state index in [0.717, 1.165) is 25.7 Å². The molecule has 12 heavy (non-hydrogen) atoms. The zero-order valence-electron chi connectivity index (χ0n) is 7.12. The third kappa shape index (κ3) is 2.34. The van der Waals surface area contributed by atoms with Crippen LogP contribution in [0, 0.1) is 0 Å². The lowest BCUT2D eigenvalue weighted by Crippen LogP contribution is -2.35. The van der Waals surface area contributed by atoms with E-state index in [2.05, 4.69) is 11.9 Å². The highest BCUT2D eigenvalue weighted by Gasteiger charge is 2.27.